The predicted molar refractivity (Wildman–Crippen MR) is 79.0 cm³/mol. The molecule has 2 N–H and O–H groups in total. The zero-order valence-corrected chi connectivity index (χ0v) is 13.4. The molecule has 2 rings (SSSR count). The van der Waals surface area contributed by atoms with Gasteiger partial charge in [0.25, 0.3) is 0 Å². The molecule has 21 heavy (non-hydrogen) atoms. The van der Waals surface area contributed by atoms with Gasteiger partial charge in [-0.05, 0) is 64.7 Å². The molecule has 2 aliphatic rings. The van der Waals surface area contributed by atoms with Gasteiger partial charge >= 0.3 is 12.1 Å². The first-order valence-electron chi connectivity index (χ1n) is 7.91. The van der Waals surface area contributed by atoms with Crippen molar-refractivity contribution in [2.75, 3.05) is 0 Å². The normalized spacial score (nSPS) is 32.8. The van der Waals surface area contributed by atoms with Crippen molar-refractivity contribution in [2.24, 2.45) is 17.3 Å². The standard InChI is InChI=1S/C16H27NO4/c1-5-16(13(18)19)9-11(10-6-7-10)8-12(16)17-14(20)21-15(2,3)4/h10-12H,5-9H2,1-4H3,(H,17,20)(H,18,19). The van der Waals surface area contributed by atoms with E-state index in [1.54, 1.807) is 20.8 Å². The van der Waals surface area contributed by atoms with Gasteiger partial charge in [0.05, 0.1) is 5.41 Å². The molecule has 3 unspecified atom stereocenters. The van der Waals surface area contributed by atoms with Crippen molar-refractivity contribution >= 4 is 12.1 Å². The number of carboxylic acid groups (broad SMARTS) is 1. The molecule has 0 radical (unpaired) electrons. The Kier molecular flexibility index (Phi) is 4.22. The first-order valence-corrected chi connectivity index (χ1v) is 7.91. The van der Waals surface area contributed by atoms with E-state index < -0.39 is 23.1 Å². The molecular weight excluding hydrogens is 270 g/mol. The van der Waals surface area contributed by atoms with Crippen LogP contribution in [0.25, 0.3) is 0 Å². The fourth-order valence-corrected chi connectivity index (χ4v) is 3.57. The van der Waals surface area contributed by atoms with Crippen molar-refractivity contribution in [1.82, 2.24) is 5.32 Å². The molecule has 120 valence electrons. The van der Waals surface area contributed by atoms with Crippen LogP contribution in [0.2, 0.25) is 0 Å². The third-order valence-corrected chi connectivity index (χ3v) is 4.87. The Morgan fingerprint density at radius 2 is 1.90 bits per heavy atom. The molecule has 0 aromatic rings. The number of alkyl carbamates (subject to hydrolysis) is 1. The minimum Gasteiger partial charge on any atom is -0.481 e. The molecule has 0 saturated heterocycles. The highest BCUT2D eigenvalue weighted by Crippen LogP contribution is 2.53. The Bertz CT molecular complexity index is 424. The quantitative estimate of drug-likeness (QED) is 0.835. The first-order chi connectivity index (χ1) is 9.68. The predicted octanol–water partition coefficient (Wildman–Crippen LogP) is 3.18. The summed E-state index contributed by atoms with van der Waals surface area (Å²) < 4.78 is 5.29. The van der Waals surface area contributed by atoms with E-state index in [0.717, 1.165) is 6.42 Å². The number of carbonyl (C=O) groups excluding carboxylic acids is 1. The molecule has 5 heteroatoms. The van der Waals surface area contributed by atoms with Crippen LogP contribution >= 0.6 is 0 Å². The van der Waals surface area contributed by atoms with E-state index in [0.29, 0.717) is 24.7 Å². The van der Waals surface area contributed by atoms with Gasteiger partial charge in [0.1, 0.15) is 5.60 Å². The van der Waals surface area contributed by atoms with Crippen LogP contribution in [0.3, 0.4) is 0 Å². The summed E-state index contributed by atoms with van der Waals surface area (Å²) in [7, 11) is 0. The maximum atomic E-state index is 12.0. The van der Waals surface area contributed by atoms with Gasteiger partial charge in [0.15, 0.2) is 0 Å². The summed E-state index contributed by atoms with van der Waals surface area (Å²) >= 11 is 0. The van der Waals surface area contributed by atoms with Crippen LogP contribution in [-0.4, -0.2) is 28.8 Å². The number of carbonyl (C=O) groups is 2. The maximum Gasteiger partial charge on any atom is 0.407 e. The molecule has 0 spiro atoms. The molecule has 2 saturated carbocycles. The molecule has 5 nitrogen and oxygen atoms in total. The Morgan fingerprint density at radius 1 is 1.29 bits per heavy atom. The molecule has 0 heterocycles. The molecule has 0 aromatic heterocycles. The van der Waals surface area contributed by atoms with E-state index in [4.69, 9.17) is 4.74 Å². The van der Waals surface area contributed by atoms with Crippen LogP contribution in [-0.2, 0) is 9.53 Å². The summed E-state index contributed by atoms with van der Waals surface area (Å²) in [6.45, 7) is 7.31. The first kappa shape index (κ1) is 16.1. The number of aliphatic carboxylic acids is 1. The van der Waals surface area contributed by atoms with Crippen LogP contribution in [0.1, 0.15) is 59.8 Å². The number of hydrogen-bond donors (Lipinski definition) is 2. The van der Waals surface area contributed by atoms with Crippen molar-refractivity contribution in [2.45, 2.75) is 71.4 Å². The molecule has 0 bridgehead atoms. The number of hydrogen-bond acceptors (Lipinski definition) is 3. The lowest BCUT2D eigenvalue weighted by atomic mass is 9.79. The lowest BCUT2D eigenvalue weighted by Gasteiger charge is -2.31. The van der Waals surface area contributed by atoms with E-state index in [2.05, 4.69) is 5.32 Å². The monoisotopic (exact) mass is 297 g/mol. The molecule has 0 aromatic carbocycles. The van der Waals surface area contributed by atoms with E-state index in [1.807, 2.05) is 6.92 Å². The fourth-order valence-electron chi connectivity index (χ4n) is 3.57. The summed E-state index contributed by atoms with van der Waals surface area (Å²) in [6.07, 6.45) is 3.84. The number of amides is 1. The van der Waals surface area contributed by atoms with Crippen LogP contribution in [0.15, 0.2) is 0 Å². The van der Waals surface area contributed by atoms with Gasteiger partial charge < -0.3 is 15.2 Å². The van der Waals surface area contributed by atoms with E-state index in [1.165, 1.54) is 12.8 Å². The summed E-state index contributed by atoms with van der Waals surface area (Å²) in [4.78, 5) is 23.8. The lowest BCUT2D eigenvalue weighted by molar-refractivity contribution is -0.150. The summed E-state index contributed by atoms with van der Waals surface area (Å²) in [6, 6.07) is -0.333. The topological polar surface area (TPSA) is 75.6 Å². The second-order valence-corrected chi connectivity index (χ2v) is 7.55. The smallest absolute Gasteiger partial charge is 0.407 e. The SMILES string of the molecule is CCC1(C(=O)O)CC(C2CC2)CC1NC(=O)OC(C)(C)C. The van der Waals surface area contributed by atoms with Crippen molar-refractivity contribution < 1.29 is 19.4 Å². The third-order valence-electron chi connectivity index (χ3n) is 4.87. The number of nitrogens with one attached hydrogen (secondary N) is 1. The van der Waals surface area contributed by atoms with Crippen molar-refractivity contribution in [3.05, 3.63) is 0 Å². The third kappa shape index (κ3) is 3.50. The maximum absolute atomic E-state index is 12.0. The number of carboxylic acids is 1. The van der Waals surface area contributed by atoms with Crippen LogP contribution in [0, 0.1) is 17.3 Å². The van der Waals surface area contributed by atoms with Gasteiger partial charge in [-0.25, -0.2) is 4.79 Å². The summed E-state index contributed by atoms with van der Waals surface area (Å²) in [5.74, 6) is 0.274. The minimum absolute atomic E-state index is 0.333. The fraction of sp³-hybridized carbons (Fsp3) is 0.875. The molecule has 0 aliphatic heterocycles. The van der Waals surface area contributed by atoms with Crippen molar-refractivity contribution in [3.63, 3.8) is 0 Å². The van der Waals surface area contributed by atoms with Gasteiger partial charge in [0, 0.05) is 6.04 Å². The second kappa shape index (κ2) is 5.50. The highest BCUT2D eigenvalue weighted by Gasteiger charge is 2.55. The molecule has 2 fully saturated rings. The van der Waals surface area contributed by atoms with Gasteiger partial charge in [-0.3, -0.25) is 4.79 Å². The Labute approximate surface area is 126 Å². The molecule has 1 amide bonds. The molecule has 3 atom stereocenters. The van der Waals surface area contributed by atoms with Crippen LogP contribution in [0.4, 0.5) is 4.79 Å². The van der Waals surface area contributed by atoms with Crippen molar-refractivity contribution in [3.8, 4) is 0 Å². The number of rotatable bonds is 4. The molecule has 2 aliphatic carbocycles. The Hall–Kier alpha value is -1.26. The van der Waals surface area contributed by atoms with Crippen molar-refractivity contribution in [1.29, 1.82) is 0 Å². The largest absolute Gasteiger partial charge is 0.481 e. The second-order valence-electron chi connectivity index (χ2n) is 7.55. The van der Waals surface area contributed by atoms with E-state index >= 15 is 0 Å². The van der Waals surface area contributed by atoms with Gasteiger partial charge in [-0.15, -0.1) is 0 Å². The highest BCUT2D eigenvalue weighted by atomic mass is 16.6. The average molecular weight is 297 g/mol. The zero-order valence-electron chi connectivity index (χ0n) is 13.4. The molecular formula is C16H27NO4. The minimum atomic E-state index is -0.843. The lowest BCUT2D eigenvalue weighted by Crippen LogP contribution is -2.49. The Morgan fingerprint density at radius 3 is 2.33 bits per heavy atom. The van der Waals surface area contributed by atoms with E-state index in [-0.39, 0.29) is 6.04 Å². The average Bonchev–Trinajstić information content (AvgIpc) is 3.10. The van der Waals surface area contributed by atoms with Gasteiger partial charge in [0.2, 0.25) is 0 Å². The summed E-state index contributed by atoms with van der Waals surface area (Å²) in [5.41, 5.74) is -1.42. The van der Waals surface area contributed by atoms with E-state index in [9.17, 15) is 14.7 Å². The highest BCUT2D eigenvalue weighted by molar-refractivity contribution is 5.78. The summed E-state index contributed by atoms with van der Waals surface area (Å²) in [5, 5.41) is 12.5. The van der Waals surface area contributed by atoms with Crippen LogP contribution in [0.5, 0.6) is 0 Å². The van der Waals surface area contributed by atoms with Gasteiger partial charge in [-0.2, -0.15) is 0 Å². The van der Waals surface area contributed by atoms with Crippen LogP contribution < -0.4 is 5.32 Å². The van der Waals surface area contributed by atoms with Gasteiger partial charge in [-0.1, -0.05) is 6.92 Å². The number of ether oxygens (including phenoxy) is 1. The Balaban J connectivity index is 2.10. The zero-order chi connectivity index (χ0) is 15.8.